The highest BCUT2D eigenvalue weighted by molar-refractivity contribution is 14.1. The third-order valence-electron chi connectivity index (χ3n) is 5.59. The number of hydrogen-bond donors (Lipinski definition) is 0. The van der Waals surface area contributed by atoms with E-state index < -0.39 is 13.3 Å². The number of hydrogen-bond acceptors (Lipinski definition) is 6. The number of fused-ring (bicyclic) bond motifs is 1. The van der Waals surface area contributed by atoms with E-state index in [1.54, 1.807) is 29.1 Å². The van der Waals surface area contributed by atoms with E-state index >= 15 is 0 Å². The van der Waals surface area contributed by atoms with Crippen molar-refractivity contribution in [3.05, 3.63) is 93.2 Å². The highest BCUT2D eigenvalue weighted by Gasteiger charge is 2.39. The molecule has 0 saturated carbocycles. The number of allylic oxidation sites excluding steroid dienone is 1. The highest BCUT2D eigenvalue weighted by Crippen LogP contribution is 2.49. The summed E-state index contributed by atoms with van der Waals surface area (Å²) in [4.78, 5) is 14.4. The Kier molecular flexibility index (Phi) is 8.60. The summed E-state index contributed by atoms with van der Waals surface area (Å²) in [6.07, 6.45) is 3.02. The van der Waals surface area contributed by atoms with Crippen molar-refractivity contribution in [1.29, 1.82) is 5.26 Å². The Hall–Kier alpha value is -2.83. The lowest BCUT2D eigenvalue weighted by molar-refractivity contribution is 0.0520. The first-order valence-electron chi connectivity index (χ1n) is 11.4. The zero-order valence-electron chi connectivity index (χ0n) is 20.5. The Bertz CT molecular complexity index is 1590. The van der Waals surface area contributed by atoms with Crippen molar-refractivity contribution < 1.29 is 18.6 Å². The van der Waals surface area contributed by atoms with Crippen LogP contribution in [0.5, 0.6) is 0 Å². The second kappa shape index (κ2) is 11.7. The molecule has 6 nitrogen and oxygen atoms in total. The second-order valence-electron chi connectivity index (χ2n) is 8.08. The highest BCUT2D eigenvalue weighted by atomic mass is 127. The van der Waals surface area contributed by atoms with Gasteiger partial charge in [-0.1, -0.05) is 24.3 Å². The summed E-state index contributed by atoms with van der Waals surface area (Å²) in [5, 5.41) is 10.4. The second-order valence-corrected chi connectivity index (χ2v) is 12.8. The van der Waals surface area contributed by atoms with Crippen LogP contribution in [0.2, 0.25) is 0 Å². The van der Waals surface area contributed by atoms with Gasteiger partial charge in [0, 0.05) is 32.3 Å². The first-order valence-corrected chi connectivity index (χ1v) is 14.9. The van der Waals surface area contributed by atoms with Gasteiger partial charge in [0.2, 0.25) is 0 Å². The molecule has 1 atom stereocenters. The fourth-order valence-electron chi connectivity index (χ4n) is 4.10. The van der Waals surface area contributed by atoms with E-state index in [4.69, 9.17) is 14.5 Å². The first-order chi connectivity index (χ1) is 17.8. The number of aryl methyl sites for hydroxylation is 1. The maximum absolute atomic E-state index is 14.9. The Morgan fingerprint density at radius 1 is 1.16 bits per heavy atom. The molecule has 0 radical (unpaired) electrons. The van der Waals surface area contributed by atoms with Crippen molar-refractivity contribution in [2.24, 2.45) is 0 Å². The Balaban J connectivity index is 2.09. The van der Waals surface area contributed by atoms with Crippen LogP contribution in [0, 0.1) is 21.8 Å². The van der Waals surface area contributed by atoms with E-state index in [9.17, 15) is 9.36 Å². The minimum atomic E-state index is -3.81. The lowest BCUT2D eigenvalue weighted by Gasteiger charge is -2.19. The number of carbonyl (C=O) groups is 1. The molecule has 9 heteroatoms. The molecule has 0 N–H and O–H groups in total. The van der Waals surface area contributed by atoms with Crippen LogP contribution >= 0.6 is 41.9 Å². The number of benzene rings is 3. The number of aromatic nitrogens is 1. The number of halogens is 1. The molecule has 0 saturated heterocycles. The van der Waals surface area contributed by atoms with Crippen LogP contribution in [0.3, 0.4) is 0 Å². The molecule has 0 aliphatic carbocycles. The fourth-order valence-corrected chi connectivity index (χ4v) is 7.97. The molecular formula is C28H24IN2O4PS. The van der Waals surface area contributed by atoms with E-state index in [0.29, 0.717) is 21.6 Å². The summed E-state index contributed by atoms with van der Waals surface area (Å²) in [5.41, 5.74) is 2.46. The van der Waals surface area contributed by atoms with Crippen LogP contribution in [0.1, 0.15) is 28.5 Å². The van der Waals surface area contributed by atoms with Gasteiger partial charge < -0.3 is 9.26 Å². The van der Waals surface area contributed by atoms with Gasteiger partial charge in [-0.3, -0.25) is 8.54 Å². The molecule has 1 unspecified atom stereocenters. The van der Waals surface area contributed by atoms with Crippen LogP contribution < -0.4 is 10.6 Å². The third kappa shape index (κ3) is 5.55. The van der Waals surface area contributed by atoms with Gasteiger partial charge in [-0.25, -0.2) is 4.79 Å². The quantitative estimate of drug-likeness (QED) is 0.0922. The van der Waals surface area contributed by atoms with Crippen LogP contribution in [-0.4, -0.2) is 23.7 Å². The molecule has 0 spiro atoms. The maximum Gasteiger partial charge on any atom is 0.356 e. The molecule has 3 aromatic carbocycles. The molecule has 4 aromatic rings. The van der Waals surface area contributed by atoms with Crippen LogP contribution in [0.15, 0.2) is 77.7 Å². The minimum absolute atomic E-state index is 0.165. The van der Waals surface area contributed by atoms with E-state index in [-0.39, 0.29) is 12.3 Å². The van der Waals surface area contributed by atoms with E-state index in [1.165, 1.54) is 25.1 Å². The van der Waals surface area contributed by atoms with Crippen molar-refractivity contribution in [3.63, 3.8) is 0 Å². The predicted molar refractivity (Wildman–Crippen MR) is 158 cm³/mol. The average Bonchev–Trinajstić information content (AvgIpc) is 3.21. The molecule has 0 aliphatic heterocycles. The third-order valence-corrected chi connectivity index (χ3v) is 9.80. The standard InChI is InChI=1S/C28H24IN2O4PS/c1-4-35-28(32)26-27(36(33,34-3)22-16-19(2)15-20(17-22)9-8-14-30)24-18-21(29)12-13-25(24)31(26)37-23-10-6-5-7-11-23/h5-13,15-18H,4H2,1-3H3/b9-8+. The Labute approximate surface area is 234 Å². The molecule has 188 valence electrons. The first kappa shape index (κ1) is 27.2. The van der Waals surface area contributed by atoms with Gasteiger partial charge in [0.05, 0.1) is 23.5 Å². The molecule has 0 fully saturated rings. The SMILES string of the molecule is CCOC(=O)c1c(P(=O)(OC)c2cc(C)cc(/C=C/C#N)c2)c2cc(I)ccc2n1Sc1ccccc1. The molecule has 1 aromatic heterocycles. The van der Waals surface area contributed by atoms with Crippen molar-refractivity contribution in [3.8, 4) is 6.07 Å². The van der Waals surface area contributed by atoms with E-state index in [1.807, 2.05) is 67.6 Å². The summed E-state index contributed by atoms with van der Waals surface area (Å²) in [5.74, 6) is -0.582. The number of esters is 1. The Morgan fingerprint density at radius 3 is 2.59 bits per heavy atom. The van der Waals surface area contributed by atoms with Crippen molar-refractivity contribution in [2.45, 2.75) is 18.7 Å². The van der Waals surface area contributed by atoms with Gasteiger partial charge in [-0.15, -0.1) is 0 Å². The van der Waals surface area contributed by atoms with Crippen molar-refractivity contribution in [2.75, 3.05) is 13.7 Å². The van der Waals surface area contributed by atoms with Gasteiger partial charge in [0.25, 0.3) is 7.37 Å². The van der Waals surface area contributed by atoms with E-state index in [2.05, 4.69) is 22.6 Å². The number of nitriles is 1. The Morgan fingerprint density at radius 2 is 1.92 bits per heavy atom. The summed E-state index contributed by atoms with van der Waals surface area (Å²) in [6.45, 7) is 3.79. The number of rotatable bonds is 8. The van der Waals surface area contributed by atoms with Gasteiger partial charge >= 0.3 is 5.97 Å². The monoisotopic (exact) mass is 642 g/mol. The molecule has 4 rings (SSSR count). The zero-order valence-corrected chi connectivity index (χ0v) is 24.3. The zero-order chi connectivity index (χ0) is 26.6. The average molecular weight is 642 g/mol. The molecular weight excluding hydrogens is 618 g/mol. The molecule has 37 heavy (non-hydrogen) atoms. The van der Waals surface area contributed by atoms with Crippen LogP contribution in [-0.2, 0) is 13.8 Å². The minimum Gasteiger partial charge on any atom is -0.461 e. The van der Waals surface area contributed by atoms with Gasteiger partial charge in [-0.05, 0) is 108 Å². The summed E-state index contributed by atoms with van der Waals surface area (Å²) >= 11 is 3.55. The topological polar surface area (TPSA) is 81.3 Å². The lowest BCUT2D eigenvalue weighted by Crippen LogP contribution is -2.25. The predicted octanol–water partition coefficient (Wildman–Crippen LogP) is 6.70. The number of ether oxygens (including phenoxy) is 1. The summed E-state index contributed by atoms with van der Waals surface area (Å²) in [6, 6.07) is 22.8. The molecule has 1 heterocycles. The maximum atomic E-state index is 14.9. The van der Waals surface area contributed by atoms with Crippen LogP contribution in [0.25, 0.3) is 17.0 Å². The van der Waals surface area contributed by atoms with Crippen molar-refractivity contribution >= 4 is 75.5 Å². The summed E-state index contributed by atoms with van der Waals surface area (Å²) in [7, 11) is -2.42. The molecule has 0 aliphatic rings. The molecule has 0 bridgehead atoms. The van der Waals surface area contributed by atoms with Gasteiger partial charge in [-0.2, -0.15) is 5.26 Å². The van der Waals surface area contributed by atoms with Crippen LogP contribution in [0.4, 0.5) is 0 Å². The van der Waals surface area contributed by atoms with E-state index in [0.717, 1.165) is 19.5 Å². The fraction of sp³-hybridized carbons (Fsp3) is 0.143. The number of carbonyl (C=O) groups excluding carboxylic acids is 1. The molecule has 0 amide bonds. The normalized spacial score (nSPS) is 12.9. The smallest absolute Gasteiger partial charge is 0.356 e. The van der Waals surface area contributed by atoms with Gasteiger partial charge in [0.1, 0.15) is 0 Å². The lowest BCUT2D eigenvalue weighted by atomic mass is 10.1. The van der Waals surface area contributed by atoms with Crippen molar-refractivity contribution in [1.82, 2.24) is 3.97 Å². The largest absolute Gasteiger partial charge is 0.461 e. The number of nitrogens with zero attached hydrogens (tertiary/aromatic N) is 2. The van der Waals surface area contributed by atoms with Gasteiger partial charge in [0.15, 0.2) is 5.69 Å². The summed E-state index contributed by atoms with van der Waals surface area (Å²) < 4.78 is 29.0.